The first kappa shape index (κ1) is 14.5. The molecular formula is C13H23N3O2. The van der Waals surface area contributed by atoms with Crippen molar-refractivity contribution in [1.82, 2.24) is 15.1 Å². The Morgan fingerprint density at radius 2 is 2.11 bits per heavy atom. The molecule has 1 heterocycles. The zero-order chi connectivity index (χ0) is 13.7. The van der Waals surface area contributed by atoms with Gasteiger partial charge in [0, 0.05) is 12.1 Å². The summed E-state index contributed by atoms with van der Waals surface area (Å²) in [5, 5.41) is 7.05. The molecule has 1 amide bonds. The largest absolute Gasteiger partial charge is 0.478 e. The van der Waals surface area contributed by atoms with Crippen molar-refractivity contribution >= 4 is 5.91 Å². The van der Waals surface area contributed by atoms with Gasteiger partial charge in [0.05, 0.1) is 12.4 Å². The maximum atomic E-state index is 11.8. The van der Waals surface area contributed by atoms with Gasteiger partial charge in [-0.1, -0.05) is 6.92 Å². The second-order valence-electron chi connectivity index (χ2n) is 4.83. The summed E-state index contributed by atoms with van der Waals surface area (Å²) >= 11 is 0. The normalized spacial score (nSPS) is 14.3. The van der Waals surface area contributed by atoms with E-state index in [1.54, 1.807) is 24.0 Å². The predicted molar refractivity (Wildman–Crippen MR) is 70.6 cm³/mol. The van der Waals surface area contributed by atoms with Gasteiger partial charge in [-0.15, -0.1) is 0 Å². The summed E-state index contributed by atoms with van der Waals surface area (Å²) in [5.41, 5.74) is 0. The highest BCUT2D eigenvalue weighted by Gasteiger charge is 2.17. The fourth-order valence-electron chi connectivity index (χ4n) is 1.38. The molecule has 5 heteroatoms. The highest BCUT2D eigenvalue weighted by Crippen LogP contribution is 2.14. The van der Waals surface area contributed by atoms with Crippen molar-refractivity contribution in [1.29, 1.82) is 0 Å². The first-order valence-electron chi connectivity index (χ1n) is 6.45. The van der Waals surface area contributed by atoms with Crippen molar-refractivity contribution in [2.75, 3.05) is 0 Å². The van der Waals surface area contributed by atoms with Crippen LogP contribution in [-0.4, -0.2) is 27.8 Å². The van der Waals surface area contributed by atoms with Crippen LogP contribution in [0.1, 0.15) is 47.1 Å². The minimum Gasteiger partial charge on any atom is -0.478 e. The van der Waals surface area contributed by atoms with Crippen LogP contribution in [0.4, 0.5) is 0 Å². The summed E-state index contributed by atoms with van der Waals surface area (Å²) in [6, 6.07) is 0.452. The summed E-state index contributed by atoms with van der Waals surface area (Å²) in [6.07, 6.45) is 3.83. The molecule has 0 bridgehead atoms. The van der Waals surface area contributed by atoms with E-state index in [0.717, 1.165) is 6.42 Å². The summed E-state index contributed by atoms with van der Waals surface area (Å²) in [7, 11) is 0. The van der Waals surface area contributed by atoms with Crippen LogP contribution in [0.15, 0.2) is 12.4 Å². The maximum absolute atomic E-state index is 11.8. The maximum Gasteiger partial charge on any atom is 0.260 e. The number of ether oxygens (including phenoxy) is 1. The Balaban J connectivity index is 2.52. The Labute approximate surface area is 109 Å². The van der Waals surface area contributed by atoms with Crippen LogP contribution in [-0.2, 0) is 4.79 Å². The number of rotatable bonds is 6. The molecule has 0 fully saturated rings. The molecule has 0 aliphatic heterocycles. The highest BCUT2D eigenvalue weighted by atomic mass is 16.5. The Bertz CT molecular complexity index is 387. The van der Waals surface area contributed by atoms with Gasteiger partial charge in [-0.25, -0.2) is 0 Å². The molecule has 0 saturated carbocycles. The number of aromatic nitrogens is 2. The van der Waals surface area contributed by atoms with Crippen molar-refractivity contribution < 1.29 is 9.53 Å². The fourth-order valence-corrected chi connectivity index (χ4v) is 1.38. The number of hydrogen-bond donors (Lipinski definition) is 1. The molecule has 1 aromatic rings. The van der Waals surface area contributed by atoms with E-state index in [1.165, 1.54) is 0 Å². The van der Waals surface area contributed by atoms with Crippen LogP contribution >= 0.6 is 0 Å². The molecule has 102 valence electrons. The van der Waals surface area contributed by atoms with E-state index in [0.29, 0.717) is 5.75 Å². The number of nitrogens with one attached hydrogen (secondary N) is 1. The number of nitrogens with zero attached hydrogens (tertiary/aromatic N) is 2. The van der Waals surface area contributed by atoms with E-state index < -0.39 is 6.10 Å². The van der Waals surface area contributed by atoms with Crippen molar-refractivity contribution in [3.63, 3.8) is 0 Å². The first-order chi connectivity index (χ1) is 8.43. The van der Waals surface area contributed by atoms with Crippen LogP contribution in [0, 0.1) is 0 Å². The van der Waals surface area contributed by atoms with E-state index >= 15 is 0 Å². The molecule has 1 rings (SSSR count). The molecule has 0 spiro atoms. The van der Waals surface area contributed by atoms with Gasteiger partial charge in [-0.2, -0.15) is 5.10 Å². The van der Waals surface area contributed by atoms with E-state index in [1.807, 2.05) is 27.7 Å². The van der Waals surface area contributed by atoms with Gasteiger partial charge in [0.1, 0.15) is 0 Å². The van der Waals surface area contributed by atoms with E-state index in [9.17, 15) is 4.79 Å². The number of carbonyl (C=O) groups excluding carboxylic acids is 1. The molecule has 2 unspecified atom stereocenters. The smallest absolute Gasteiger partial charge is 0.260 e. The highest BCUT2D eigenvalue weighted by molar-refractivity contribution is 5.80. The molecule has 0 aliphatic carbocycles. The molecule has 5 nitrogen and oxygen atoms in total. The zero-order valence-corrected chi connectivity index (χ0v) is 11.8. The van der Waals surface area contributed by atoms with Crippen molar-refractivity contribution in [3.8, 4) is 5.75 Å². The van der Waals surface area contributed by atoms with Crippen LogP contribution in [0.5, 0.6) is 5.75 Å². The van der Waals surface area contributed by atoms with Crippen LogP contribution in [0.2, 0.25) is 0 Å². The molecular weight excluding hydrogens is 230 g/mol. The van der Waals surface area contributed by atoms with Crippen LogP contribution in [0.25, 0.3) is 0 Å². The monoisotopic (exact) mass is 253 g/mol. The van der Waals surface area contributed by atoms with Crippen molar-refractivity contribution in [2.45, 2.75) is 59.2 Å². The molecule has 0 aromatic carbocycles. The third-order valence-electron chi connectivity index (χ3n) is 2.79. The summed E-state index contributed by atoms with van der Waals surface area (Å²) in [5.74, 6) is 0.525. The molecule has 1 N–H and O–H groups in total. The third-order valence-corrected chi connectivity index (χ3v) is 2.79. The lowest BCUT2D eigenvalue weighted by molar-refractivity contribution is -0.127. The second kappa shape index (κ2) is 6.42. The zero-order valence-electron chi connectivity index (χ0n) is 11.8. The van der Waals surface area contributed by atoms with Crippen molar-refractivity contribution in [2.24, 2.45) is 0 Å². The number of hydrogen-bond acceptors (Lipinski definition) is 3. The molecule has 0 aliphatic rings. The quantitative estimate of drug-likeness (QED) is 0.845. The van der Waals surface area contributed by atoms with Gasteiger partial charge in [-0.3, -0.25) is 9.48 Å². The van der Waals surface area contributed by atoms with Gasteiger partial charge < -0.3 is 10.1 Å². The van der Waals surface area contributed by atoms with Gasteiger partial charge in [0.25, 0.3) is 5.91 Å². The topological polar surface area (TPSA) is 56.1 Å². The standard InChI is InChI=1S/C13H23N3O2/c1-6-10(4)15-13(17)11(5)18-12-7-14-16(8-12)9(2)3/h7-11H,6H2,1-5H3,(H,15,17). The molecule has 0 radical (unpaired) electrons. The summed E-state index contributed by atoms with van der Waals surface area (Å²) in [6.45, 7) is 9.82. The van der Waals surface area contributed by atoms with E-state index in [4.69, 9.17) is 4.74 Å². The Morgan fingerprint density at radius 1 is 1.44 bits per heavy atom. The Morgan fingerprint density at radius 3 is 2.61 bits per heavy atom. The van der Waals surface area contributed by atoms with Crippen LogP contribution in [0.3, 0.4) is 0 Å². The summed E-state index contributed by atoms with van der Waals surface area (Å²) < 4.78 is 7.36. The molecule has 0 saturated heterocycles. The molecule has 2 atom stereocenters. The Hall–Kier alpha value is -1.52. The first-order valence-corrected chi connectivity index (χ1v) is 6.45. The third kappa shape index (κ3) is 4.05. The minimum atomic E-state index is -0.510. The second-order valence-corrected chi connectivity index (χ2v) is 4.83. The van der Waals surface area contributed by atoms with Crippen LogP contribution < -0.4 is 10.1 Å². The van der Waals surface area contributed by atoms with Gasteiger partial charge in [0.15, 0.2) is 11.9 Å². The lowest BCUT2D eigenvalue weighted by Gasteiger charge is -2.16. The predicted octanol–water partition coefficient (Wildman–Crippen LogP) is 2.15. The van der Waals surface area contributed by atoms with Gasteiger partial charge in [0.2, 0.25) is 0 Å². The SMILES string of the molecule is CCC(C)NC(=O)C(C)Oc1cnn(C(C)C)c1. The van der Waals surface area contributed by atoms with Gasteiger partial charge in [-0.05, 0) is 34.1 Å². The lowest BCUT2D eigenvalue weighted by Crippen LogP contribution is -2.40. The van der Waals surface area contributed by atoms with E-state index in [2.05, 4.69) is 10.4 Å². The van der Waals surface area contributed by atoms with E-state index in [-0.39, 0.29) is 18.0 Å². The number of carbonyl (C=O) groups is 1. The average molecular weight is 253 g/mol. The number of amides is 1. The Kier molecular flexibility index (Phi) is 5.19. The molecule has 18 heavy (non-hydrogen) atoms. The summed E-state index contributed by atoms with van der Waals surface area (Å²) in [4.78, 5) is 11.8. The fraction of sp³-hybridized carbons (Fsp3) is 0.692. The lowest BCUT2D eigenvalue weighted by atomic mass is 10.2. The van der Waals surface area contributed by atoms with Gasteiger partial charge >= 0.3 is 0 Å². The average Bonchev–Trinajstić information content (AvgIpc) is 2.77. The van der Waals surface area contributed by atoms with Crippen molar-refractivity contribution in [3.05, 3.63) is 12.4 Å². The minimum absolute atomic E-state index is 0.0957. The molecule has 1 aromatic heterocycles.